The maximum Gasteiger partial charge on any atom is 0.323 e. The van der Waals surface area contributed by atoms with Crippen LogP contribution in [0.25, 0.3) is 0 Å². The zero-order valence-electron chi connectivity index (χ0n) is 9.22. The second kappa shape index (κ2) is 4.19. The maximum atomic E-state index is 11.5. The van der Waals surface area contributed by atoms with Crippen LogP contribution < -0.4 is 0 Å². The molecule has 0 bridgehead atoms. The average Bonchev–Trinajstić information content (AvgIpc) is 2.27. The molecule has 3 unspecified atom stereocenters. The number of esters is 1. The fourth-order valence-corrected chi connectivity index (χ4v) is 2.46. The van der Waals surface area contributed by atoms with Crippen LogP contribution in [-0.4, -0.2) is 37.6 Å². The molecule has 1 fully saturated rings. The minimum Gasteiger partial charge on any atom is -0.468 e. The number of rotatable bonds is 1. The summed E-state index contributed by atoms with van der Waals surface area (Å²) in [5.74, 6) is 0.940. The van der Waals surface area contributed by atoms with Crippen LogP contribution in [0.1, 0.15) is 6.42 Å². The highest BCUT2D eigenvalue weighted by molar-refractivity contribution is 5.75. The van der Waals surface area contributed by atoms with Crippen molar-refractivity contribution in [3.05, 3.63) is 24.3 Å². The Morgan fingerprint density at radius 2 is 2.00 bits per heavy atom. The lowest BCUT2D eigenvalue weighted by Gasteiger charge is -2.39. The molecule has 2 rings (SSSR count). The Labute approximate surface area is 90.4 Å². The number of nitrogens with zero attached hydrogens (tertiary/aromatic N) is 1. The minimum atomic E-state index is -0.112. The highest BCUT2D eigenvalue weighted by Gasteiger charge is 2.36. The molecule has 0 saturated carbocycles. The summed E-state index contributed by atoms with van der Waals surface area (Å²) in [5.41, 5.74) is 0. The summed E-state index contributed by atoms with van der Waals surface area (Å²) in [7, 11) is 3.45. The van der Waals surface area contributed by atoms with E-state index in [4.69, 9.17) is 4.74 Å². The number of ether oxygens (including phenoxy) is 1. The van der Waals surface area contributed by atoms with E-state index in [0.29, 0.717) is 11.8 Å². The van der Waals surface area contributed by atoms with Crippen molar-refractivity contribution in [3.63, 3.8) is 0 Å². The van der Waals surface area contributed by atoms with Crippen molar-refractivity contribution in [2.24, 2.45) is 11.8 Å². The van der Waals surface area contributed by atoms with Gasteiger partial charge >= 0.3 is 5.97 Å². The molecule has 3 heteroatoms. The molecule has 82 valence electrons. The molecule has 0 amide bonds. The van der Waals surface area contributed by atoms with E-state index in [0.717, 1.165) is 13.0 Å². The first kappa shape index (κ1) is 10.4. The predicted molar refractivity (Wildman–Crippen MR) is 58.3 cm³/mol. The molecule has 2 aliphatic rings. The standard InChI is InChI=1S/C12H17NO2/c1-13-8-10-6-4-3-5-9(10)7-11(13)12(14)15-2/h3-6,9-11H,7-8H2,1-2H3. The summed E-state index contributed by atoms with van der Waals surface area (Å²) >= 11 is 0. The molecule has 3 nitrogen and oxygen atoms in total. The van der Waals surface area contributed by atoms with Gasteiger partial charge in [0.2, 0.25) is 0 Å². The first-order valence-electron chi connectivity index (χ1n) is 5.35. The fraction of sp³-hybridized carbons (Fsp3) is 0.583. The number of hydrogen-bond donors (Lipinski definition) is 0. The van der Waals surface area contributed by atoms with Gasteiger partial charge in [-0.25, -0.2) is 0 Å². The van der Waals surface area contributed by atoms with Crippen molar-refractivity contribution in [1.82, 2.24) is 4.90 Å². The zero-order chi connectivity index (χ0) is 10.8. The number of hydrogen-bond acceptors (Lipinski definition) is 3. The number of piperidine rings is 1. The van der Waals surface area contributed by atoms with Gasteiger partial charge in [0, 0.05) is 6.54 Å². The molecule has 3 atom stereocenters. The second-order valence-electron chi connectivity index (χ2n) is 4.31. The molecule has 1 heterocycles. The fourth-order valence-electron chi connectivity index (χ4n) is 2.46. The van der Waals surface area contributed by atoms with Crippen LogP contribution in [-0.2, 0) is 9.53 Å². The Morgan fingerprint density at radius 3 is 2.67 bits per heavy atom. The summed E-state index contributed by atoms with van der Waals surface area (Å²) in [6, 6.07) is -0.0765. The summed E-state index contributed by atoms with van der Waals surface area (Å²) in [6.07, 6.45) is 9.46. The van der Waals surface area contributed by atoms with Crippen molar-refractivity contribution in [2.75, 3.05) is 20.7 Å². The third kappa shape index (κ3) is 1.97. The smallest absolute Gasteiger partial charge is 0.323 e. The lowest BCUT2D eigenvalue weighted by molar-refractivity contribution is -0.148. The number of allylic oxidation sites excluding steroid dienone is 3. The van der Waals surface area contributed by atoms with E-state index in [1.165, 1.54) is 7.11 Å². The van der Waals surface area contributed by atoms with Gasteiger partial charge in [0.15, 0.2) is 0 Å². The number of carbonyl (C=O) groups excluding carboxylic acids is 1. The van der Waals surface area contributed by atoms with Crippen molar-refractivity contribution in [1.29, 1.82) is 0 Å². The third-order valence-electron chi connectivity index (χ3n) is 3.38. The van der Waals surface area contributed by atoms with E-state index in [2.05, 4.69) is 29.2 Å². The van der Waals surface area contributed by atoms with Gasteiger partial charge in [0.05, 0.1) is 7.11 Å². The number of carbonyl (C=O) groups is 1. The molecule has 1 aliphatic carbocycles. The topological polar surface area (TPSA) is 29.5 Å². The summed E-state index contributed by atoms with van der Waals surface area (Å²) in [6.45, 7) is 0.936. The van der Waals surface area contributed by atoms with E-state index >= 15 is 0 Å². The van der Waals surface area contributed by atoms with Gasteiger partial charge in [-0.3, -0.25) is 9.69 Å². The Morgan fingerprint density at radius 1 is 1.33 bits per heavy atom. The molecule has 0 aromatic rings. The quantitative estimate of drug-likeness (QED) is 0.605. The minimum absolute atomic E-state index is 0.0765. The van der Waals surface area contributed by atoms with Crippen LogP contribution in [0, 0.1) is 11.8 Å². The highest BCUT2D eigenvalue weighted by Crippen LogP contribution is 2.31. The predicted octanol–water partition coefficient (Wildman–Crippen LogP) is 1.22. The number of likely N-dealkylation sites (tertiary alicyclic amines) is 1. The molecule has 1 aliphatic heterocycles. The van der Waals surface area contributed by atoms with E-state index < -0.39 is 0 Å². The van der Waals surface area contributed by atoms with Crippen molar-refractivity contribution in [2.45, 2.75) is 12.5 Å². The van der Waals surface area contributed by atoms with Crippen LogP contribution in [0.3, 0.4) is 0 Å². The molecular formula is C12H17NO2. The van der Waals surface area contributed by atoms with Crippen molar-refractivity contribution < 1.29 is 9.53 Å². The van der Waals surface area contributed by atoms with E-state index in [9.17, 15) is 4.79 Å². The summed E-state index contributed by atoms with van der Waals surface area (Å²) < 4.78 is 4.82. The largest absolute Gasteiger partial charge is 0.468 e. The maximum absolute atomic E-state index is 11.5. The Bertz CT molecular complexity index is 309. The molecule has 0 aromatic carbocycles. The van der Waals surface area contributed by atoms with Gasteiger partial charge in [0.25, 0.3) is 0 Å². The van der Waals surface area contributed by atoms with Gasteiger partial charge in [-0.2, -0.15) is 0 Å². The molecular weight excluding hydrogens is 190 g/mol. The van der Waals surface area contributed by atoms with Gasteiger partial charge in [-0.05, 0) is 25.3 Å². The first-order chi connectivity index (χ1) is 7.22. The highest BCUT2D eigenvalue weighted by atomic mass is 16.5. The monoisotopic (exact) mass is 207 g/mol. The Balaban J connectivity index is 2.09. The summed E-state index contributed by atoms with van der Waals surface area (Å²) in [4.78, 5) is 13.6. The van der Waals surface area contributed by atoms with Gasteiger partial charge in [-0.15, -0.1) is 0 Å². The van der Waals surface area contributed by atoms with E-state index in [-0.39, 0.29) is 12.0 Å². The van der Waals surface area contributed by atoms with Crippen LogP contribution in [0.5, 0.6) is 0 Å². The van der Waals surface area contributed by atoms with E-state index in [1.807, 2.05) is 7.05 Å². The SMILES string of the molecule is COC(=O)C1CC2C=CC=CC2CN1C. The van der Waals surface area contributed by atoms with Crippen molar-refractivity contribution >= 4 is 5.97 Å². The molecule has 1 saturated heterocycles. The molecule has 15 heavy (non-hydrogen) atoms. The molecule has 0 spiro atoms. The Kier molecular flexibility index (Phi) is 2.91. The first-order valence-corrected chi connectivity index (χ1v) is 5.35. The van der Waals surface area contributed by atoms with Gasteiger partial charge in [0.1, 0.15) is 6.04 Å². The van der Waals surface area contributed by atoms with Crippen LogP contribution in [0.4, 0.5) is 0 Å². The van der Waals surface area contributed by atoms with Crippen LogP contribution in [0.2, 0.25) is 0 Å². The number of likely N-dealkylation sites (N-methyl/N-ethyl adjacent to an activating group) is 1. The lowest BCUT2D eigenvalue weighted by Crippen LogP contribution is -2.48. The molecule has 0 aromatic heterocycles. The van der Waals surface area contributed by atoms with Gasteiger partial charge in [-0.1, -0.05) is 24.3 Å². The molecule has 0 radical (unpaired) electrons. The lowest BCUT2D eigenvalue weighted by atomic mass is 9.79. The summed E-state index contributed by atoms with van der Waals surface area (Å²) in [5, 5.41) is 0. The van der Waals surface area contributed by atoms with E-state index in [1.54, 1.807) is 0 Å². The number of fused-ring (bicyclic) bond motifs is 1. The zero-order valence-corrected chi connectivity index (χ0v) is 9.22. The van der Waals surface area contributed by atoms with Crippen LogP contribution >= 0.6 is 0 Å². The average molecular weight is 207 g/mol. The molecule has 0 N–H and O–H groups in total. The second-order valence-corrected chi connectivity index (χ2v) is 4.31. The van der Waals surface area contributed by atoms with Gasteiger partial charge < -0.3 is 4.74 Å². The van der Waals surface area contributed by atoms with Crippen molar-refractivity contribution in [3.8, 4) is 0 Å². The number of methoxy groups -OCH3 is 1. The van der Waals surface area contributed by atoms with Crippen LogP contribution in [0.15, 0.2) is 24.3 Å². The Hall–Kier alpha value is -1.09. The third-order valence-corrected chi connectivity index (χ3v) is 3.38. The normalized spacial score (nSPS) is 34.9.